The molecule has 1 aromatic heterocycles. The van der Waals surface area contributed by atoms with Gasteiger partial charge in [-0.15, -0.1) is 0 Å². The predicted octanol–water partition coefficient (Wildman–Crippen LogP) is 13.7. The summed E-state index contributed by atoms with van der Waals surface area (Å²) in [4.78, 5) is 0. The molecule has 1 N–H and O–H groups in total. The van der Waals surface area contributed by atoms with Crippen LogP contribution in [0.5, 0.6) is 0 Å². The lowest BCUT2D eigenvalue weighted by Gasteiger charge is -2.19. The number of nitrogens with one attached hydrogen (secondary N) is 1. The van der Waals surface area contributed by atoms with Gasteiger partial charge in [-0.05, 0) is 93.4 Å². The van der Waals surface area contributed by atoms with Crippen molar-refractivity contribution in [2.24, 2.45) is 0 Å². The second-order valence-electron chi connectivity index (χ2n) is 12.4. The van der Waals surface area contributed by atoms with Crippen LogP contribution >= 0.6 is 8.19 Å². The van der Waals surface area contributed by atoms with Crippen molar-refractivity contribution in [2.75, 3.05) is 0 Å². The lowest BCUT2D eigenvalue weighted by Crippen LogP contribution is -2.11. The lowest BCUT2D eigenvalue weighted by molar-refractivity contribution is 1.04. The first-order chi connectivity index (χ1) is 24.7. The zero-order valence-corrected chi connectivity index (χ0v) is 29.3. The molecule has 1 nitrogen and oxygen atoms in total. The molecule has 1 aliphatic rings. The van der Waals surface area contributed by atoms with E-state index in [-0.39, 0.29) is 0 Å². The maximum Gasteiger partial charge on any atom is 0.0463 e. The third kappa shape index (κ3) is 7.45. The van der Waals surface area contributed by atoms with Gasteiger partial charge in [0, 0.05) is 22.3 Å². The highest BCUT2D eigenvalue weighted by atomic mass is 31.0. The van der Waals surface area contributed by atoms with E-state index in [9.17, 15) is 0 Å². The third-order valence-electron chi connectivity index (χ3n) is 9.11. The van der Waals surface area contributed by atoms with E-state index in [1.54, 1.807) is 0 Å². The summed E-state index contributed by atoms with van der Waals surface area (Å²) in [6.07, 6.45) is 13.4. The molecular formula is C48H40NP. The Kier molecular flexibility index (Phi) is 10.3. The van der Waals surface area contributed by atoms with Crippen molar-refractivity contribution < 1.29 is 0 Å². The summed E-state index contributed by atoms with van der Waals surface area (Å²) < 4.78 is 0. The highest BCUT2D eigenvalue weighted by Crippen LogP contribution is 2.43. The van der Waals surface area contributed by atoms with Crippen molar-refractivity contribution in [2.45, 2.75) is 19.8 Å². The van der Waals surface area contributed by atoms with Crippen LogP contribution in [0.1, 0.15) is 42.0 Å². The van der Waals surface area contributed by atoms with E-state index in [1.165, 1.54) is 52.4 Å². The first kappa shape index (κ1) is 32.8. The maximum absolute atomic E-state index is 4.44. The summed E-state index contributed by atoms with van der Waals surface area (Å²) in [5, 5.41) is 5.12. The van der Waals surface area contributed by atoms with E-state index in [4.69, 9.17) is 0 Å². The van der Waals surface area contributed by atoms with Gasteiger partial charge in [-0.2, -0.15) is 0 Å². The van der Waals surface area contributed by atoms with Crippen LogP contribution in [0.4, 0.5) is 0 Å². The van der Waals surface area contributed by atoms with Crippen LogP contribution < -0.4 is 5.32 Å². The smallest absolute Gasteiger partial charge is 0.0463 e. The predicted molar refractivity (Wildman–Crippen MR) is 218 cm³/mol. The quantitative estimate of drug-likeness (QED) is 0.144. The number of allylic oxidation sites excluding steroid dienone is 7. The van der Waals surface area contributed by atoms with E-state index < -0.39 is 0 Å². The molecule has 7 rings (SSSR count). The first-order valence-electron chi connectivity index (χ1n) is 17.3. The molecule has 50 heavy (non-hydrogen) atoms. The summed E-state index contributed by atoms with van der Waals surface area (Å²) in [5.41, 5.74) is 15.1. The fourth-order valence-electron chi connectivity index (χ4n) is 6.47. The molecule has 2 heteroatoms. The Morgan fingerprint density at radius 3 is 1.80 bits per heavy atom. The highest BCUT2D eigenvalue weighted by molar-refractivity contribution is 7.33. The molecule has 0 radical (unpaired) electrons. The van der Waals surface area contributed by atoms with E-state index in [2.05, 4.69) is 195 Å². The van der Waals surface area contributed by atoms with Crippen LogP contribution in [0.3, 0.4) is 0 Å². The molecule has 1 heterocycles. The zero-order chi connectivity index (χ0) is 34.1. The van der Waals surface area contributed by atoms with Gasteiger partial charge in [0.2, 0.25) is 0 Å². The molecule has 242 valence electrons. The van der Waals surface area contributed by atoms with Crippen molar-refractivity contribution in [1.82, 2.24) is 5.32 Å². The monoisotopic (exact) mass is 661 g/mol. The van der Waals surface area contributed by atoms with Gasteiger partial charge in [-0.25, -0.2) is 0 Å². The number of hydrogen-bond acceptors (Lipinski definition) is 1. The first-order valence-corrected chi connectivity index (χ1v) is 18.2. The SMILES string of the molecule is C=C(/C=C(\N/C(=C\C)c1ccc(-c2pccc(C3=CCCC=C3)c2-c2ccccc2)cc1)c1ccc(-c2ccccc2)cc1)c1ccccc1. The summed E-state index contributed by atoms with van der Waals surface area (Å²) in [7, 11) is 1.20. The average Bonchev–Trinajstić information content (AvgIpc) is 3.20. The fraction of sp³-hybridized carbons (Fsp3) is 0.0625. The standard InChI is InChI=1S/C48H40NP/c1-3-45(49-46(34-35(2)36-16-8-4-9-17-36)41-26-24-38(25-27-41)37-18-10-5-11-19-37)40-28-30-43(31-29-40)48-47(42-22-14-7-15-23-42)44(32-33-50-48)39-20-12-6-13-21-39/h3-5,7-12,14-34,49H,2,6,13H2,1H3/b45-3-,46-34-. The Morgan fingerprint density at radius 2 is 1.18 bits per heavy atom. The molecule has 1 aliphatic carbocycles. The largest absolute Gasteiger partial charge is 0.355 e. The van der Waals surface area contributed by atoms with Gasteiger partial charge in [0.25, 0.3) is 0 Å². The minimum atomic E-state index is 0.950. The number of hydrogen-bond donors (Lipinski definition) is 1. The molecule has 0 bridgehead atoms. The molecule has 0 atom stereocenters. The second-order valence-corrected chi connectivity index (χ2v) is 13.4. The van der Waals surface area contributed by atoms with Gasteiger partial charge in [-0.3, -0.25) is 0 Å². The molecule has 5 aromatic carbocycles. The zero-order valence-electron chi connectivity index (χ0n) is 28.4. The molecule has 0 spiro atoms. The summed E-state index contributed by atoms with van der Waals surface area (Å²) in [6, 6.07) is 51.8. The van der Waals surface area contributed by atoms with Gasteiger partial charge >= 0.3 is 0 Å². The third-order valence-corrected chi connectivity index (χ3v) is 10.2. The molecule has 0 aliphatic heterocycles. The summed E-state index contributed by atoms with van der Waals surface area (Å²) >= 11 is 0. The molecule has 0 saturated carbocycles. The Hall–Kier alpha value is -5.75. The number of rotatable bonds is 10. The van der Waals surface area contributed by atoms with Crippen molar-refractivity contribution in [3.05, 3.63) is 211 Å². The summed E-state index contributed by atoms with van der Waals surface area (Å²) in [5.74, 6) is 2.28. The van der Waals surface area contributed by atoms with Crippen LogP contribution in [0.2, 0.25) is 0 Å². The van der Waals surface area contributed by atoms with Crippen LogP contribution in [-0.2, 0) is 0 Å². The van der Waals surface area contributed by atoms with E-state index in [0.717, 1.165) is 46.5 Å². The molecular weight excluding hydrogens is 622 g/mol. The molecule has 0 fully saturated rings. The van der Waals surface area contributed by atoms with Crippen molar-refractivity contribution in [3.8, 4) is 33.1 Å². The van der Waals surface area contributed by atoms with Crippen LogP contribution in [0.15, 0.2) is 188 Å². The van der Waals surface area contributed by atoms with Gasteiger partial charge in [0.15, 0.2) is 0 Å². The van der Waals surface area contributed by atoms with E-state index in [1.807, 2.05) is 6.07 Å². The van der Waals surface area contributed by atoms with Crippen LogP contribution in [0.25, 0.3) is 55.7 Å². The molecule has 6 aromatic rings. The van der Waals surface area contributed by atoms with Gasteiger partial charge in [-0.1, -0.05) is 179 Å². The molecule has 0 saturated heterocycles. The molecule has 0 amide bonds. The highest BCUT2D eigenvalue weighted by Gasteiger charge is 2.16. The van der Waals surface area contributed by atoms with Crippen molar-refractivity contribution in [3.63, 3.8) is 0 Å². The topological polar surface area (TPSA) is 12.0 Å². The maximum atomic E-state index is 4.44. The Balaban J connectivity index is 1.22. The fourth-order valence-corrected chi connectivity index (χ4v) is 7.52. The number of benzene rings is 5. The molecule has 0 unspecified atom stereocenters. The van der Waals surface area contributed by atoms with E-state index >= 15 is 0 Å². The average molecular weight is 662 g/mol. The lowest BCUT2D eigenvalue weighted by atomic mass is 9.91. The van der Waals surface area contributed by atoms with Gasteiger partial charge < -0.3 is 5.32 Å². The van der Waals surface area contributed by atoms with Crippen molar-refractivity contribution >= 4 is 30.7 Å². The summed E-state index contributed by atoms with van der Waals surface area (Å²) in [6.45, 7) is 6.53. The minimum absolute atomic E-state index is 0.950. The van der Waals surface area contributed by atoms with Crippen LogP contribution in [-0.4, -0.2) is 0 Å². The second kappa shape index (κ2) is 15.6. The van der Waals surface area contributed by atoms with Crippen LogP contribution in [0, 0.1) is 0 Å². The Bertz CT molecular complexity index is 2200. The van der Waals surface area contributed by atoms with Gasteiger partial charge in [0.1, 0.15) is 0 Å². The van der Waals surface area contributed by atoms with Gasteiger partial charge in [0.05, 0.1) is 0 Å². The minimum Gasteiger partial charge on any atom is -0.355 e. The van der Waals surface area contributed by atoms with Crippen molar-refractivity contribution in [1.29, 1.82) is 0 Å². The Labute approximate surface area is 298 Å². The van der Waals surface area contributed by atoms with E-state index in [0.29, 0.717) is 0 Å². The Morgan fingerprint density at radius 1 is 0.600 bits per heavy atom. The normalized spacial score (nSPS) is 13.3.